The van der Waals surface area contributed by atoms with E-state index in [1.807, 2.05) is 13.0 Å². The van der Waals surface area contributed by atoms with E-state index >= 15 is 0 Å². The number of benzene rings is 2. The standard InChI is InChI=1S/C16H16FN3O/c1-2-14-16(19-12-5-3-4-10(17)8-12)20-13-9-11(18)6-7-15(13)21-14/h3-9,14H,2,18H2,1H3,(H,19,20). The smallest absolute Gasteiger partial charge is 0.156 e. The largest absolute Gasteiger partial charge is 0.480 e. The summed E-state index contributed by atoms with van der Waals surface area (Å²) < 4.78 is 19.2. The fraction of sp³-hybridized carbons (Fsp3) is 0.188. The van der Waals surface area contributed by atoms with Crippen molar-refractivity contribution < 1.29 is 9.13 Å². The highest BCUT2D eigenvalue weighted by atomic mass is 19.1. The van der Waals surface area contributed by atoms with Gasteiger partial charge in [0.1, 0.15) is 23.1 Å². The zero-order valence-electron chi connectivity index (χ0n) is 11.6. The van der Waals surface area contributed by atoms with Crippen LogP contribution in [-0.4, -0.2) is 11.9 Å². The molecule has 1 atom stereocenters. The van der Waals surface area contributed by atoms with Gasteiger partial charge in [-0.3, -0.25) is 0 Å². The fourth-order valence-corrected chi connectivity index (χ4v) is 2.23. The molecule has 0 amide bonds. The Kier molecular flexibility index (Phi) is 3.48. The van der Waals surface area contributed by atoms with Crippen LogP contribution in [0.25, 0.3) is 0 Å². The van der Waals surface area contributed by atoms with Gasteiger partial charge in [0.25, 0.3) is 0 Å². The van der Waals surface area contributed by atoms with Gasteiger partial charge in [0, 0.05) is 11.4 Å². The molecule has 108 valence electrons. The molecule has 0 saturated carbocycles. The van der Waals surface area contributed by atoms with Crippen molar-refractivity contribution in [2.24, 2.45) is 4.99 Å². The average Bonchev–Trinajstić information content (AvgIpc) is 2.46. The molecule has 1 aliphatic rings. The summed E-state index contributed by atoms with van der Waals surface area (Å²) in [5.41, 5.74) is 7.72. The number of anilines is 2. The highest BCUT2D eigenvalue weighted by Gasteiger charge is 2.23. The summed E-state index contributed by atoms with van der Waals surface area (Å²) in [6, 6.07) is 11.6. The molecule has 0 saturated heterocycles. The van der Waals surface area contributed by atoms with Crippen molar-refractivity contribution in [2.45, 2.75) is 19.4 Å². The first-order valence-corrected chi connectivity index (χ1v) is 6.83. The molecule has 0 radical (unpaired) electrons. The van der Waals surface area contributed by atoms with E-state index in [4.69, 9.17) is 10.5 Å². The Bertz CT molecular complexity index is 700. The van der Waals surface area contributed by atoms with E-state index in [2.05, 4.69) is 10.3 Å². The lowest BCUT2D eigenvalue weighted by atomic mass is 10.1. The number of fused-ring (bicyclic) bond motifs is 1. The van der Waals surface area contributed by atoms with Crippen LogP contribution in [0.1, 0.15) is 13.3 Å². The first-order valence-electron chi connectivity index (χ1n) is 6.83. The SMILES string of the molecule is CCC1Oc2ccc(N)cc2N=C1Nc1cccc(F)c1. The van der Waals surface area contributed by atoms with Gasteiger partial charge in [-0.25, -0.2) is 9.38 Å². The number of aliphatic imine (C=N–C) groups is 1. The summed E-state index contributed by atoms with van der Waals surface area (Å²) in [6.07, 6.45) is 0.565. The lowest BCUT2D eigenvalue weighted by Crippen LogP contribution is -2.34. The maximum absolute atomic E-state index is 13.3. The van der Waals surface area contributed by atoms with Crippen LogP contribution < -0.4 is 15.8 Å². The molecule has 1 heterocycles. The topological polar surface area (TPSA) is 59.6 Å². The second kappa shape index (κ2) is 5.44. The normalized spacial score (nSPS) is 16.7. The quantitative estimate of drug-likeness (QED) is 0.827. The molecule has 5 heteroatoms. The van der Waals surface area contributed by atoms with E-state index < -0.39 is 0 Å². The Labute approximate surface area is 122 Å². The maximum atomic E-state index is 13.3. The molecule has 21 heavy (non-hydrogen) atoms. The first kappa shape index (κ1) is 13.4. The van der Waals surface area contributed by atoms with Gasteiger partial charge in [0.2, 0.25) is 0 Å². The van der Waals surface area contributed by atoms with Gasteiger partial charge >= 0.3 is 0 Å². The van der Waals surface area contributed by atoms with Crippen LogP contribution in [-0.2, 0) is 0 Å². The van der Waals surface area contributed by atoms with Crippen LogP contribution in [0, 0.1) is 5.82 Å². The molecule has 1 aliphatic heterocycles. The van der Waals surface area contributed by atoms with Crippen molar-refractivity contribution in [3.05, 3.63) is 48.3 Å². The number of hydrogen-bond donors (Lipinski definition) is 2. The summed E-state index contributed by atoms with van der Waals surface area (Å²) in [4.78, 5) is 4.56. The maximum Gasteiger partial charge on any atom is 0.156 e. The van der Waals surface area contributed by atoms with E-state index in [1.165, 1.54) is 12.1 Å². The highest BCUT2D eigenvalue weighted by molar-refractivity contribution is 6.02. The zero-order valence-corrected chi connectivity index (χ0v) is 11.6. The third kappa shape index (κ3) is 2.81. The van der Waals surface area contributed by atoms with Crippen LogP contribution in [0.5, 0.6) is 5.75 Å². The van der Waals surface area contributed by atoms with Gasteiger partial charge in [-0.1, -0.05) is 13.0 Å². The van der Waals surface area contributed by atoms with Gasteiger partial charge < -0.3 is 15.8 Å². The molecular formula is C16H16FN3O. The van der Waals surface area contributed by atoms with Gasteiger partial charge in [-0.05, 0) is 42.8 Å². The van der Waals surface area contributed by atoms with Gasteiger partial charge in [0.05, 0.1) is 0 Å². The lowest BCUT2D eigenvalue weighted by molar-refractivity contribution is 0.259. The molecule has 0 bridgehead atoms. The van der Waals surface area contributed by atoms with Gasteiger partial charge in [-0.15, -0.1) is 0 Å². The molecule has 0 aliphatic carbocycles. The summed E-state index contributed by atoms with van der Waals surface area (Å²) in [5.74, 6) is 1.07. The summed E-state index contributed by atoms with van der Waals surface area (Å²) >= 11 is 0. The minimum absolute atomic E-state index is 0.190. The third-order valence-electron chi connectivity index (χ3n) is 3.27. The number of nitrogen functional groups attached to an aromatic ring is 1. The van der Waals surface area contributed by atoms with Crippen molar-refractivity contribution in [2.75, 3.05) is 11.1 Å². The Balaban J connectivity index is 1.95. The molecule has 0 fully saturated rings. The molecule has 3 N–H and O–H groups in total. The molecule has 0 spiro atoms. The predicted octanol–water partition coefficient (Wildman–Crippen LogP) is 3.72. The van der Waals surface area contributed by atoms with Crippen molar-refractivity contribution in [3.8, 4) is 5.75 Å². The second-order valence-corrected chi connectivity index (χ2v) is 4.87. The first-order chi connectivity index (χ1) is 10.2. The molecule has 1 unspecified atom stereocenters. The molecule has 3 rings (SSSR count). The minimum atomic E-state index is -0.296. The monoisotopic (exact) mass is 285 g/mol. The summed E-state index contributed by atoms with van der Waals surface area (Å²) in [6.45, 7) is 2.01. The van der Waals surface area contributed by atoms with Crippen molar-refractivity contribution in [1.29, 1.82) is 0 Å². The Morgan fingerprint density at radius 1 is 1.29 bits per heavy atom. The summed E-state index contributed by atoms with van der Waals surface area (Å²) in [5, 5.41) is 3.13. The number of hydrogen-bond acceptors (Lipinski definition) is 4. The van der Waals surface area contributed by atoms with Crippen molar-refractivity contribution in [1.82, 2.24) is 0 Å². The number of rotatable bonds is 2. The third-order valence-corrected chi connectivity index (χ3v) is 3.27. The molecule has 0 aromatic heterocycles. The number of amidine groups is 1. The Hall–Kier alpha value is -2.56. The van der Waals surface area contributed by atoms with E-state index in [-0.39, 0.29) is 11.9 Å². The summed E-state index contributed by atoms with van der Waals surface area (Å²) in [7, 11) is 0. The number of nitrogens with zero attached hydrogens (tertiary/aromatic N) is 1. The van der Waals surface area contributed by atoms with E-state index in [0.29, 0.717) is 28.6 Å². The lowest BCUT2D eigenvalue weighted by Gasteiger charge is -2.26. The van der Waals surface area contributed by atoms with E-state index in [1.54, 1.807) is 24.3 Å². The number of nitrogens with one attached hydrogen (secondary N) is 1. The van der Waals surface area contributed by atoms with Crippen molar-refractivity contribution >= 4 is 22.9 Å². The van der Waals surface area contributed by atoms with Crippen LogP contribution in [0.15, 0.2) is 47.5 Å². The van der Waals surface area contributed by atoms with E-state index in [0.717, 1.165) is 6.42 Å². The molecular weight excluding hydrogens is 269 g/mol. The van der Waals surface area contributed by atoms with Crippen LogP contribution in [0.4, 0.5) is 21.5 Å². The second-order valence-electron chi connectivity index (χ2n) is 4.87. The molecule has 2 aromatic rings. The van der Waals surface area contributed by atoms with Crippen molar-refractivity contribution in [3.63, 3.8) is 0 Å². The van der Waals surface area contributed by atoms with Crippen LogP contribution in [0.3, 0.4) is 0 Å². The molecule has 2 aromatic carbocycles. The number of halogens is 1. The minimum Gasteiger partial charge on any atom is -0.480 e. The van der Waals surface area contributed by atoms with Gasteiger partial charge in [0.15, 0.2) is 6.10 Å². The molecule has 4 nitrogen and oxygen atoms in total. The zero-order chi connectivity index (χ0) is 14.8. The van der Waals surface area contributed by atoms with Crippen LogP contribution >= 0.6 is 0 Å². The Morgan fingerprint density at radius 2 is 2.14 bits per heavy atom. The van der Waals surface area contributed by atoms with Gasteiger partial charge in [-0.2, -0.15) is 0 Å². The average molecular weight is 285 g/mol. The number of nitrogens with two attached hydrogens (primary N) is 1. The highest BCUT2D eigenvalue weighted by Crippen LogP contribution is 2.35. The number of ether oxygens (including phenoxy) is 1. The Morgan fingerprint density at radius 3 is 2.90 bits per heavy atom. The van der Waals surface area contributed by atoms with E-state index in [9.17, 15) is 4.39 Å². The van der Waals surface area contributed by atoms with Crippen LogP contribution in [0.2, 0.25) is 0 Å². The predicted molar refractivity (Wildman–Crippen MR) is 82.7 cm³/mol. The fourth-order valence-electron chi connectivity index (χ4n) is 2.23.